The summed E-state index contributed by atoms with van der Waals surface area (Å²) in [6, 6.07) is 0.376. The van der Waals surface area contributed by atoms with Crippen LogP contribution in [-0.2, 0) is 13.6 Å². The SMILES string of the molecule is CC(C)C1CCC(N)C(CN(C)Cc2cnn(C)c2)C1. The number of aromatic nitrogens is 2. The molecule has 2 N–H and O–H groups in total. The van der Waals surface area contributed by atoms with Crippen molar-refractivity contribution in [2.24, 2.45) is 30.5 Å². The van der Waals surface area contributed by atoms with Gasteiger partial charge in [0.05, 0.1) is 6.20 Å². The molecule has 4 nitrogen and oxygen atoms in total. The summed E-state index contributed by atoms with van der Waals surface area (Å²) < 4.78 is 1.87. The van der Waals surface area contributed by atoms with Crippen molar-refractivity contribution >= 4 is 0 Å². The average molecular weight is 278 g/mol. The van der Waals surface area contributed by atoms with E-state index < -0.39 is 0 Å². The Kier molecular flexibility index (Phi) is 5.22. The Bertz CT molecular complexity index is 412. The lowest BCUT2D eigenvalue weighted by Crippen LogP contribution is -2.42. The zero-order valence-electron chi connectivity index (χ0n) is 13.4. The van der Waals surface area contributed by atoms with Crippen LogP contribution in [0, 0.1) is 17.8 Å². The van der Waals surface area contributed by atoms with Crippen molar-refractivity contribution in [3.8, 4) is 0 Å². The summed E-state index contributed by atoms with van der Waals surface area (Å²) in [6.45, 7) is 6.75. The molecule has 20 heavy (non-hydrogen) atoms. The molecule has 0 aliphatic heterocycles. The minimum atomic E-state index is 0.376. The summed E-state index contributed by atoms with van der Waals surface area (Å²) >= 11 is 0. The monoisotopic (exact) mass is 278 g/mol. The Morgan fingerprint density at radius 1 is 1.45 bits per heavy atom. The van der Waals surface area contributed by atoms with Crippen molar-refractivity contribution in [1.82, 2.24) is 14.7 Å². The molecule has 1 aliphatic rings. The lowest BCUT2D eigenvalue weighted by Gasteiger charge is -2.38. The molecule has 3 atom stereocenters. The van der Waals surface area contributed by atoms with Crippen LogP contribution in [0.1, 0.15) is 38.7 Å². The van der Waals surface area contributed by atoms with E-state index in [1.807, 2.05) is 17.9 Å². The molecule has 0 aromatic carbocycles. The van der Waals surface area contributed by atoms with Crippen LogP contribution in [0.5, 0.6) is 0 Å². The van der Waals surface area contributed by atoms with E-state index in [1.165, 1.54) is 24.8 Å². The Morgan fingerprint density at radius 3 is 2.80 bits per heavy atom. The largest absolute Gasteiger partial charge is 0.327 e. The first kappa shape index (κ1) is 15.5. The van der Waals surface area contributed by atoms with Gasteiger partial charge in [-0.3, -0.25) is 4.68 Å². The minimum absolute atomic E-state index is 0.376. The van der Waals surface area contributed by atoms with Gasteiger partial charge in [-0.2, -0.15) is 5.10 Å². The fraction of sp³-hybridized carbons (Fsp3) is 0.812. The van der Waals surface area contributed by atoms with Crippen molar-refractivity contribution in [2.45, 2.75) is 45.7 Å². The molecule has 2 rings (SSSR count). The Balaban J connectivity index is 1.87. The summed E-state index contributed by atoms with van der Waals surface area (Å²) in [5.74, 6) is 2.28. The van der Waals surface area contributed by atoms with Gasteiger partial charge in [0.2, 0.25) is 0 Å². The van der Waals surface area contributed by atoms with Crippen LogP contribution >= 0.6 is 0 Å². The third kappa shape index (κ3) is 4.06. The maximum absolute atomic E-state index is 6.34. The third-order valence-electron chi connectivity index (χ3n) is 4.78. The van der Waals surface area contributed by atoms with Crippen LogP contribution in [0.15, 0.2) is 12.4 Å². The first-order valence-electron chi connectivity index (χ1n) is 7.87. The van der Waals surface area contributed by atoms with Gasteiger partial charge in [-0.15, -0.1) is 0 Å². The van der Waals surface area contributed by atoms with Gasteiger partial charge in [-0.1, -0.05) is 13.8 Å². The van der Waals surface area contributed by atoms with Gasteiger partial charge < -0.3 is 10.6 Å². The molecule has 1 aromatic rings. The second-order valence-electron chi connectivity index (χ2n) is 6.96. The van der Waals surface area contributed by atoms with E-state index in [2.05, 4.69) is 37.1 Å². The van der Waals surface area contributed by atoms with E-state index in [0.29, 0.717) is 12.0 Å². The normalized spacial score (nSPS) is 27.4. The summed E-state index contributed by atoms with van der Waals surface area (Å²) in [5.41, 5.74) is 7.62. The molecular formula is C16H30N4. The number of rotatable bonds is 5. The molecule has 4 heteroatoms. The van der Waals surface area contributed by atoms with Crippen LogP contribution in [0.4, 0.5) is 0 Å². The van der Waals surface area contributed by atoms with E-state index in [0.717, 1.165) is 24.9 Å². The number of nitrogens with zero attached hydrogens (tertiary/aromatic N) is 3. The average Bonchev–Trinajstić information content (AvgIpc) is 2.77. The predicted molar refractivity (Wildman–Crippen MR) is 83.2 cm³/mol. The second-order valence-corrected chi connectivity index (χ2v) is 6.96. The molecule has 114 valence electrons. The van der Waals surface area contributed by atoms with E-state index in [4.69, 9.17) is 5.73 Å². The zero-order chi connectivity index (χ0) is 14.7. The molecule has 1 heterocycles. The van der Waals surface area contributed by atoms with Crippen LogP contribution in [0.25, 0.3) is 0 Å². The van der Waals surface area contributed by atoms with Crippen molar-refractivity contribution in [1.29, 1.82) is 0 Å². The van der Waals surface area contributed by atoms with Gasteiger partial charge in [0, 0.05) is 37.9 Å². The molecule has 1 saturated carbocycles. The van der Waals surface area contributed by atoms with Crippen LogP contribution in [0.2, 0.25) is 0 Å². The molecule has 0 amide bonds. The third-order valence-corrected chi connectivity index (χ3v) is 4.78. The molecular weight excluding hydrogens is 248 g/mol. The van der Waals surface area contributed by atoms with E-state index in [-0.39, 0.29) is 0 Å². The number of aryl methyl sites for hydroxylation is 1. The fourth-order valence-electron chi connectivity index (χ4n) is 3.47. The highest BCUT2D eigenvalue weighted by Gasteiger charge is 2.30. The van der Waals surface area contributed by atoms with Crippen LogP contribution in [0.3, 0.4) is 0 Å². The highest BCUT2D eigenvalue weighted by atomic mass is 15.2. The summed E-state index contributed by atoms with van der Waals surface area (Å²) in [4.78, 5) is 2.39. The molecule has 1 aliphatic carbocycles. The van der Waals surface area contributed by atoms with Gasteiger partial charge in [-0.05, 0) is 44.1 Å². The minimum Gasteiger partial charge on any atom is -0.327 e. The summed E-state index contributed by atoms with van der Waals surface area (Å²) in [5, 5.41) is 4.23. The number of nitrogens with two attached hydrogens (primary N) is 1. The highest BCUT2D eigenvalue weighted by molar-refractivity contribution is 5.03. The molecule has 1 fully saturated rings. The molecule has 0 spiro atoms. The molecule has 0 bridgehead atoms. The van der Waals surface area contributed by atoms with Crippen molar-refractivity contribution in [2.75, 3.05) is 13.6 Å². The summed E-state index contributed by atoms with van der Waals surface area (Å²) in [7, 11) is 4.16. The van der Waals surface area contributed by atoms with Gasteiger partial charge >= 0.3 is 0 Å². The van der Waals surface area contributed by atoms with E-state index in [9.17, 15) is 0 Å². The van der Waals surface area contributed by atoms with Crippen molar-refractivity contribution in [3.63, 3.8) is 0 Å². The van der Waals surface area contributed by atoms with E-state index in [1.54, 1.807) is 0 Å². The van der Waals surface area contributed by atoms with Gasteiger partial charge in [0.15, 0.2) is 0 Å². The standard InChI is InChI=1S/C16H30N4/c1-12(2)14-5-6-16(17)15(7-14)11-19(3)9-13-8-18-20(4)10-13/h8,10,12,14-16H,5-7,9,11,17H2,1-4H3. The lowest BCUT2D eigenvalue weighted by molar-refractivity contribution is 0.147. The molecule has 0 saturated heterocycles. The Morgan fingerprint density at radius 2 is 2.20 bits per heavy atom. The topological polar surface area (TPSA) is 47.1 Å². The van der Waals surface area contributed by atoms with E-state index >= 15 is 0 Å². The molecule has 1 aromatic heterocycles. The predicted octanol–water partition coefficient (Wildman–Crippen LogP) is 2.25. The quantitative estimate of drug-likeness (QED) is 0.898. The number of hydrogen-bond donors (Lipinski definition) is 1. The van der Waals surface area contributed by atoms with Crippen molar-refractivity contribution < 1.29 is 0 Å². The number of hydrogen-bond acceptors (Lipinski definition) is 3. The van der Waals surface area contributed by atoms with Gasteiger partial charge in [0.1, 0.15) is 0 Å². The Hall–Kier alpha value is -0.870. The lowest BCUT2D eigenvalue weighted by atomic mass is 9.74. The van der Waals surface area contributed by atoms with Gasteiger partial charge in [-0.25, -0.2) is 0 Å². The van der Waals surface area contributed by atoms with Crippen LogP contribution < -0.4 is 5.73 Å². The van der Waals surface area contributed by atoms with Crippen LogP contribution in [-0.4, -0.2) is 34.3 Å². The molecule has 0 radical (unpaired) electrons. The smallest absolute Gasteiger partial charge is 0.0534 e. The summed E-state index contributed by atoms with van der Waals surface area (Å²) in [6.07, 6.45) is 7.83. The Labute approximate surface area is 123 Å². The fourth-order valence-corrected chi connectivity index (χ4v) is 3.47. The first-order chi connectivity index (χ1) is 9.45. The second kappa shape index (κ2) is 6.72. The highest BCUT2D eigenvalue weighted by Crippen LogP contribution is 2.33. The molecule has 3 unspecified atom stereocenters. The first-order valence-corrected chi connectivity index (χ1v) is 7.87. The maximum atomic E-state index is 6.34. The van der Waals surface area contributed by atoms with Gasteiger partial charge in [0.25, 0.3) is 0 Å². The maximum Gasteiger partial charge on any atom is 0.0534 e. The zero-order valence-corrected chi connectivity index (χ0v) is 13.4. The van der Waals surface area contributed by atoms with Crippen molar-refractivity contribution in [3.05, 3.63) is 18.0 Å².